The Kier molecular flexibility index (Phi) is 5.59. The third-order valence-corrected chi connectivity index (χ3v) is 2.40. The molecule has 5 heteroatoms. The second kappa shape index (κ2) is 6.98. The molecule has 0 aromatic carbocycles. The first-order valence-electron chi connectivity index (χ1n) is 5.60. The van der Waals surface area contributed by atoms with Crippen molar-refractivity contribution in [3.8, 4) is 0 Å². The van der Waals surface area contributed by atoms with Gasteiger partial charge in [0.25, 0.3) is 5.91 Å². The molecule has 0 saturated carbocycles. The molecule has 1 rings (SSSR count). The topological polar surface area (TPSA) is 56.7 Å². The van der Waals surface area contributed by atoms with Crippen LogP contribution in [-0.4, -0.2) is 59.7 Å². The van der Waals surface area contributed by atoms with Gasteiger partial charge in [-0.1, -0.05) is 0 Å². The highest BCUT2D eigenvalue weighted by atomic mass is 16.3. The maximum atomic E-state index is 12.0. The molecule has 1 aromatic rings. The summed E-state index contributed by atoms with van der Waals surface area (Å²) in [6.45, 7) is 1.17. The molecule has 17 heavy (non-hydrogen) atoms. The van der Waals surface area contributed by atoms with Crippen LogP contribution in [0.1, 0.15) is 16.8 Å². The molecule has 0 spiro atoms. The third kappa shape index (κ3) is 4.50. The second-order valence-electron chi connectivity index (χ2n) is 4.11. The zero-order valence-electron chi connectivity index (χ0n) is 10.3. The molecule has 0 atom stereocenters. The number of carbonyl (C=O) groups excluding carboxylic acids is 1. The standard InChI is InChI=1S/C12H19N3O2/c1-14(2)7-4-8-15(10-16)12(17)11-5-3-6-13-9-11/h3,5-6,9,16H,4,7-8,10H2,1-2H3. The summed E-state index contributed by atoms with van der Waals surface area (Å²) in [5.74, 6) is -0.181. The first-order chi connectivity index (χ1) is 8.15. The molecule has 1 aromatic heterocycles. The van der Waals surface area contributed by atoms with E-state index in [2.05, 4.69) is 4.98 Å². The number of pyridine rings is 1. The molecular formula is C12H19N3O2. The van der Waals surface area contributed by atoms with Gasteiger partial charge in [-0.3, -0.25) is 9.78 Å². The summed E-state index contributed by atoms with van der Waals surface area (Å²) >= 11 is 0. The zero-order chi connectivity index (χ0) is 12.7. The summed E-state index contributed by atoms with van der Waals surface area (Å²) in [7, 11) is 3.96. The van der Waals surface area contributed by atoms with E-state index < -0.39 is 0 Å². The van der Waals surface area contributed by atoms with E-state index in [-0.39, 0.29) is 12.6 Å². The largest absolute Gasteiger partial charge is 0.376 e. The summed E-state index contributed by atoms with van der Waals surface area (Å²) in [6, 6.07) is 3.41. The minimum atomic E-state index is -0.263. The molecule has 0 radical (unpaired) electrons. The molecule has 5 nitrogen and oxygen atoms in total. The minimum Gasteiger partial charge on any atom is -0.376 e. The van der Waals surface area contributed by atoms with Gasteiger partial charge in [-0.05, 0) is 39.2 Å². The number of rotatable bonds is 6. The van der Waals surface area contributed by atoms with Crippen molar-refractivity contribution in [2.75, 3.05) is 33.9 Å². The van der Waals surface area contributed by atoms with Crippen molar-refractivity contribution in [2.45, 2.75) is 6.42 Å². The number of aliphatic hydroxyl groups is 1. The lowest BCUT2D eigenvalue weighted by Crippen LogP contribution is -2.34. The van der Waals surface area contributed by atoms with Crippen LogP contribution < -0.4 is 0 Å². The van der Waals surface area contributed by atoms with E-state index in [4.69, 9.17) is 0 Å². The monoisotopic (exact) mass is 237 g/mol. The molecule has 1 amide bonds. The fraction of sp³-hybridized carbons (Fsp3) is 0.500. The van der Waals surface area contributed by atoms with Gasteiger partial charge in [0.1, 0.15) is 6.73 Å². The summed E-state index contributed by atoms with van der Waals surface area (Å²) in [5.41, 5.74) is 0.506. The number of hydrogen-bond acceptors (Lipinski definition) is 4. The maximum absolute atomic E-state index is 12.0. The van der Waals surface area contributed by atoms with Gasteiger partial charge in [0, 0.05) is 18.9 Å². The molecule has 94 valence electrons. The lowest BCUT2D eigenvalue weighted by Gasteiger charge is -2.20. The normalized spacial score (nSPS) is 10.6. The fourth-order valence-electron chi connectivity index (χ4n) is 1.49. The third-order valence-electron chi connectivity index (χ3n) is 2.40. The number of aromatic nitrogens is 1. The SMILES string of the molecule is CN(C)CCCN(CO)C(=O)c1cccnc1. The summed E-state index contributed by atoms with van der Waals surface area (Å²) in [5, 5.41) is 9.19. The van der Waals surface area contributed by atoms with Crippen molar-refractivity contribution in [3.63, 3.8) is 0 Å². The maximum Gasteiger partial charge on any atom is 0.257 e. The molecule has 0 aliphatic heterocycles. The molecule has 0 aliphatic carbocycles. The predicted octanol–water partition coefficient (Wildman–Crippen LogP) is 0.425. The first-order valence-corrected chi connectivity index (χ1v) is 5.60. The van der Waals surface area contributed by atoms with Gasteiger partial charge < -0.3 is 14.9 Å². The van der Waals surface area contributed by atoms with Crippen LogP contribution in [-0.2, 0) is 0 Å². The molecule has 0 fully saturated rings. The van der Waals surface area contributed by atoms with Crippen LogP contribution >= 0.6 is 0 Å². The van der Waals surface area contributed by atoms with E-state index >= 15 is 0 Å². The zero-order valence-corrected chi connectivity index (χ0v) is 10.3. The van der Waals surface area contributed by atoms with E-state index in [9.17, 15) is 9.90 Å². The summed E-state index contributed by atoms with van der Waals surface area (Å²) in [6.07, 6.45) is 3.96. The average Bonchev–Trinajstić information content (AvgIpc) is 2.34. The smallest absolute Gasteiger partial charge is 0.257 e. The van der Waals surface area contributed by atoms with E-state index in [0.717, 1.165) is 13.0 Å². The van der Waals surface area contributed by atoms with Crippen molar-refractivity contribution in [3.05, 3.63) is 30.1 Å². The van der Waals surface area contributed by atoms with Gasteiger partial charge in [0.05, 0.1) is 5.56 Å². The Hall–Kier alpha value is -1.46. The highest BCUT2D eigenvalue weighted by molar-refractivity contribution is 5.93. The Balaban J connectivity index is 2.53. The first kappa shape index (κ1) is 13.6. The molecule has 0 unspecified atom stereocenters. The van der Waals surface area contributed by atoms with E-state index in [1.807, 2.05) is 19.0 Å². The molecule has 0 saturated heterocycles. The van der Waals surface area contributed by atoms with Crippen molar-refractivity contribution in [2.24, 2.45) is 0 Å². The van der Waals surface area contributed by atoms with Crippen LogP contribution in [0.4, 0.5) is 0 Å². The lowest BCUT2D eigenvalue weighted by atomic mass is 10.2. The van der Waals surface area contributed by atoms with E-state index in [1.165, 1.54) is 11.1 Å². The average molecular weight is 237 g/mol. The van der Waals surface area contributed by atoms with Crippen molar-refractivity contribution in [1.82, 2.24) is 14.8 Å². The van der Waals surface area contributed by atoms with Crippen LogP contribution in [0.15, 0.2) is 24.5 Å². The highest BCUT2D eigenvalue weighted by Crippen LogP contribution is 2.03. The van der Waals surface area contributed by atoms with E-state index in [1.54, 1.807) is 18.3 Å². The van der Waals surface area contributed by atoms with Gasteiger partial charge in [-0.2, -0.15) is 0 Å². The van der Waals surface area contributed by atoms with Crippen LogP contribution in [0.25, 0.3) is 0 Å². The summed E-state index contributed by atoms with van der Waals surface area (Å²) in [4.78, 5) is 19.3. The van der Waals surface area contributed by atoms with E-state index in [0.29, 0.717) is 12.1 Å². The Bertz CT molecular complexity index is 341. The van der Waals surface area contributed by atoms with Crippen molar-refractivity contribution < 1.29 is 9.90 Å². The van der Waals surface area contributed by atoms with Crippen LogP contribution in [0.3, 0.4) is 0 Å². The van der Waals surface area contributed by atoms with Gasteiger partial charge >= 0.3 is 0 Å². The van der Waals surface area contributed by atoms with Gasteiger partial charge in [0.2, 0.25) is 0 Å². The predicted molar refractivity (Wildman–Crippen MR) is 65.5 cm³/mol. The minimum absolute atomic E-state index is 0.181. The number of aliphatic hydroxyl groups excluding tert-OH is 1. The number of amides is 1. The van der Waals surface area contributed by atoms with Gasteiger partial charge in [-0.15, -0.1) is 0 Å². The fourth-order valence-corrected chi connectivity index (χ4v) is 1.49. The van der Waals surface area contributed by atoms with Crippen LogP contribution in [0.5, 0.6) is 0 Å². The second-order valence-corrected chi connectivity index (χ2v) is 4.11. The lowest BCUT2D eigenvalue weighted by molar-refractivity contribution is 0.0545. The van der Waals surface area contributed by atoms with Gasteiger partial charge in [0.15, 0.2) is 0 Å². The number of nitrogens with zero attached hydrogens (tertiary/aromatic N) is 3. The van der Waals surface area contributed by atoms with Crippen LogP contribution in [0.2, 0.25) is 0 Å². The van der Waals surface area contributed by atoms with Gasteiger partial charge in [-0.25, -0.2) is 0 Å². The Morgan fingerprint density at radius 1 is 1.41 bits per heavy atom. The molecule has 0 bridgehead atoms. The number of carbonyl (C=O) groups is 1. The van der Waals surface area contributed by atoms with Crippen molar-refractivity contribution >= 4 is 5.91 Å². The van der Waals surface area contributed by atoms with Crippen LogP contribution in [0, 0.1) is 0 Å². The Morgan fingerprint density at radius 3 is 2.71 bits per heavy atom. The Morgan fingerprint density at radius 2 is 2.18 bits per heavy atom. The van der Waals surface area contributed by atoms with Crippen molar-refractivity contribution in [1.29, 1.82) is 0 Å². The number of hydrogen-bond donors (Lipinski definition) is 1. The highest BCUT2D eigenvalue weighted by Gasteiger charge is 2.14. The molecular weight excluding hydrogens is 218 g/mol. The Labute approximate surface area is 102 Å². The molecule has 0 aliphatic rings. The summed E-state index contributed by atoms with van der Waals surface area (Å²) < 4.78 is 0. The molecule has 1 heterocycles. The quantitative estimate of drug-likeness (QED) is 0.729. The molecule has 1 N–H and O–H groups in total.